The van der Waals surface area contributed by atoms with Crippen molar-refractivity contribution in [1.29, 1.82) is 0 Å². The number of rotatable bonds is 4. The number of benzene rings is 1. The van der Waals surface area contributed by atoms with Crippen molar-refractivity contribution in [1.82, 2.24) is 10.6 Å². The van der Waals surface area contributed by atoms with E-state index >= 15 is 0 Å². The molecule has 0 heterocycles. The minimum Gasteiger partial charge on any atom is -0.349 e. The molecular weight excluding hydrogens is 262 g/mol. The first kappa shape index (κ1) is 14.8. The molecule has 0 fully saturated rings. The molecule has 0 spiro atoms. The fourth-order valence-electron chi connectivity index (χ4n) is 1.36. The van der Waals surface area contributed by atoms with E-state index < -0.39 is 0 Å². The second kappa shape index (κ2) is 7.27. The normalized spacial score (nSPS) is 9.32. The van der Waals surface area contributed by atoms with Gasteiger partial charge >= 0.3 is 0 Å². The third kappa shape index (κ3) is 4.89. The van der Waals surface area contributed by atoms with Gasteiger partial charge in [-0.1, -0.05) is 18.2 Å². The van der Waals surface area contributed by atoms with Crippen LogP contribution in [0.4, 0.5) is 5.69 Å². The lowest BCUT2D eigenvalue weighted by atomic mass is 10.1. The Morgan fingerprint density at radius 3 is 2.68 bits per heavy atom. The Bertz CT molecular complexity index is 514. The molecule has 3 N–H and O–H groups in total. The summed E-state index contributed by atoms with van der Waals surface area (Å²) in [5.41, 5.74) is 0.972. The van der Waals surface area contributed by atoms with Crippen LogP contribution in [0, 0.1) is 0 Å². The molecule has 0 aliphatic heterocycles. The van der Waals surface area contributed by atoms with Gasteiger partial charge in [0, 0.05) is 13.5 Å². The van der Waals surface area contributed by atoms with Crippen LogP contribution in [-0.4, -0.2) is 23.5 Å². The molecular formula is C13H15N3O2S. The molecule has 0 bridgehead atoms. The van der Waals surface area contributed by atoms with Gasteiger partial charge in [-0.3, -0.25) is 9.59 Å². The maximum atomic E-state index is 11.9. The quantitative estimate of drug-likeness (QED) is 0.575. The average molecular weight is 277 g/mol. The van der Waals surface area contributed by atoms with Crippen LogP contribution in [-0.2, 0) is 4.79 Å². The highest BCUT2D eigenvalue weighted by molar-refractivity contribution is 7.80. The molecule has 1 aromatic rings. The number of hydrogen-bond acceptors (Lipinski definition) is 3. The van der Waals surface area contributed by atoms with Crippen LogP contribution in [0.1, 0.15) is 17.3 Å². The summed E-state index contributed by atoms with van der Waals surface area (Å²) in [4.78, 5) is 22.8. The number of carbonyl (C=O) groups excluding carboxylic acids is 2. The molecule has 0 unspecified atom stereocenters. The number of hydrogen-bond donors (Lipinski definition) is 3. The predicted octanol–water partition coefficient (Wildman–Crippen LogP) is 1.44. The second-order valence-electron chi connectivity index (χ2n) is 3.68. The highest BCUT2D eigenvalue weighted by atomic mass is 32.1. The molecule has 1 rings (SSSR count). The van der Waals surface area contributed by atoms with Crippen molar-refractivity contribution in [3.8, 4) is 0 Å². The monoisotopic (exact) mass is 277 g/mol. The van der Waals surface area contributed by atoms with Crippen LogP contribution < -0.4 is 16.0 Å². The summed E-state index contributed by atoms with van der Waals surface area (Å²) >= 11 is 4.95. The van der Waals surface area contributed by atoms with Crippen LogP contribution in [0.15, 0.2) is 36.9 Å². The Morgan fingerprint density at radius 2 is 2.05 bits per heavy atom. The van der Waals surface area contributed by atoms with Gasteiger partial charge in [-0.05, 0) is 24.4 Å². The Morgan fingerprint density at radius 1 is 1.37 bits per heavy atom. The molecule has 0 atom stereocenters. The van der Waals surface area contributed by atoms with E-state index in [-0.39, 0.29) is 16.9 Å². The maximum absolute atomic E-state index is 11.9. The lowest BCUT2D eigenvalue weighted by Crippen LogP contribution is -2.33. The van der Waals surface area contributed by atoms with Crippen molar-refractivity contribution < 1.29 is 9.59 Å². The van der Waals surface area contributed by atoms with E-state index in [1.807, 2.05) is 0 Å². The second-order valence-corrected chi connectivity index (χ2v) is 4.09. The standard InChI is InChI=1S/C13H15N3O2S/c1-3-8-14-12(18)10-6-4-5-7-11(10)16-13(19)15-9(2)17/h3-7H,1,8H2,2H3,(H,14,18)(H2,15,16,17,19). The third-order valence-electron chi connectivity index (χ3n) is 2.12. The lowest BCUT2D eigenvalue weighted by molar-refractivity contribution is -0.117. The van der Waals surface area contributed by atoms with E-state index in [9.17, 15) is 9.59 Å². The molecule has 0 aromatic heterocycles. The van der Waals surface area contributed by atoms with Crippen molar-refractivity contribution in [3.05, 3.63) is 42.5 Å². The summed E-state index contributed by atoms with van der Waals surface area (Å²) in [5.74, 6) is -0.514. The van der Waals surface area contributed by atoms with Gasteiger partial charge in [0.05, 0.1) is 11.3 Å². The zero-order valence-electron chi connectivity index (χ0n) is 10.5. The first-order chi connectivity index (χ1) is 9.04. The summed E-state index contributed by atoms with van der Waals surface area (Å²) in [5, 5.41) is 8.07. The van der Waals surface area contributed by atoms with Crippen LogP contribution in [0.5, 0.6) is 0 Å². The highest BCUT2D eigenvalue weighted by Crippen LogP contribution is 2.14. The van der Waals surface area contributed by atoms with E-state index in [1.165, 1.54) is 6.92 Å². The topological polar surface area (TPSA) is 70.2 Å². The van der Waals surface area contributed by atoms with Crippen molar-refractivity contribution in [3.63, 3.8) is 0 Å². The van der Waals surface area contributed by atoms with Gasteiger partial charge in [0.1, 0.15) is 0 Å². The molecule has 0 aliphatic carbocycles. The maximum Gasteiger partial charge on any atom is 0.253 e. The Balaban J connectivity index is 2.83. The third-order valence-corrected chi connectivity index (χ3v) is 2.32. The van der Waals surface area contributed by atoms with E-state index in [0.717, 1.165) is 0 Å². The summed E-state index contributed by atoms with van der Waals surface area (Å²) in [6, 6.07) is 6.88. The molecule has 2 amide bonds. The summed E-state index contributed by atoms with van der Waals surface area (Å²) < 4.78 is 0. The van der Waals surface area contributed by atoms with Gasteiger partial charge in [0.25, 0.3) is 5.91 Å². The Kier molecular flexibility index (Phi) is 5.69. The number of thiocarbonyl (C=S) groups is 1. The SMILES string of the molecule is C=CCNC(=O)c1ccccc1NC(=S)NC(C)=O. The highest BCUT2D eigenvalue weighted by Gasteiger charge is 2.11. The molecule has 100 valence electrons. The fraction of sp³-hybridized carbons (Fsp3) is 0.154. The number of anilines is 1. The summed E-state index contributed by atoms with van der Waals surface area (Å²) in [6.07, 6.45) is 1.59. The molecule has 1 aromatic carbocycles. The number of carbonyl (C=O) groups is 2. The summed E-state index contributed by atoms with van der Waals surface area (Å²) in [7, 11) is 0. The van der Waals surface area contributed by atoms with Crippen LogP contribution >= 0.6 is 12.2 Å². The van der Waals surface area contributed by atoms with E-state index in [1.54, 1.807) is 30.3 Å². The van der Waals surface area contributed by atoms with Gasteiger partial charge in [0.15, 0.2) is 5.11 Å². The van der Waals surface area contributed by atoms with Crippen LogP contribution in [0.2, 0.25) is 0 Å². The average Bonchev–Trinajstić information content (AvgIpc) is 2.35. The van der Waals surface area contributed by atoms with E-state index in [4.69, 9.17) is 12.2 Å². The van der Waals surface area contributed by atoms with Gasteiger partial charge in [-0.2, -0.15) is 0 Å². The largest absolute Gasteiger partial charge is 0.349 e. The molecule has 5 nitrogen and oxygen atoms in total. The zero-order valence-corrected chi connectivity index (χ0v) is 11.3. The molecule has 0 radical (unpaired) electrons. The van der Waals surface area contributed by atoms with Crippen LogP contribution in [0.25, 0.3) is 0 Å². The first-order valence-electron chi connectivity index (χ1n) is 5.61. The van der Waals surface area contributed by atoms with Crippen molar-refractivity contribution in [2.75, 3.05) is 11.9 Å². The lowest BCUT2D eigenvalue weighted by Gasteiger charge is -2.12. The van der Waals surface area contributed by atoms with E-state index in [0.29, 0.717) is 17.8 Å². The van der Waals surface area contributed by atoms with Gasteiger partial charge < -0.3 is 16.0 Å². The van der Waals surface area contributed by atoms with Gasteiger partial charge in [0.2, 0.25) is 5.91 Å². The van der Waals surface area contributed by atoms with Crippen molar-refractivity contribution >= 4 is 34.8 Å². The number of amides is 2. The smallest absolute Gasteiger partial charge is 0.253 e. The molecule has 0 saturated carbocycles. The predicted molar refractivity (Wildman–Crippen MR) is 79.0 cm³/mol. The van der Waals surface area contributed by atoms with Crippen molar-refractivity contribution in [2.45, 2.75) is 6.92 Å². The van der Waals surface area contributed by atoms with Gasteiger partial charge in [-0.15, -0.1) is 6.58 Å². The number of para-hydroxylation sites is 1. The fourth-order valence-corrected chi connectivity index (χ4v) is 1.62. The summed E-state index contributed by atoms with van der Waals surface area (Å²) in [6.45, 7) is 5.27. The zero-order chi connectivity index (χ0) is 14.3. The van der Waals surface area contributed by atoms with Gasteiger partial charge in [-0.25, -0.2) is 0 Å². The molecule has 0 aliphatic rings. The first-order valence-corrected chi connectivity index (χ1v) is 6.02. The van der Waals surface area contributed by atoms with E-state index in [2.05, 4.69) is 22.5 Å². The number of nitrogens with one attached hydrogen (secondary N) is 3. The minimum absolute atomic E-state index is 0.150. The molecule has 19 heavy (non-hydrogen) atoms. The Hall–Kier alpha value is -2.21. The Labute approximate surface area is 117 Å². The minimum atomic E-state index is -0.272. The molecule has 6 heteroatoms. The molecule has 0 saturated heterocycles. The van der Waals surface area contributed by atoms with Crippen molar-refractivity contribution in [2.24, 2.45) is 0 Å². The van der Waals surface area contributed by atoms with Crippen LogP contribution in [0.3, 0.4) is 0 Å².